The Morgan fingerprint density at radius 1 is 0.293 bits per heavy atom. The summed E-state index contributed by atoms with van der Waals surface area (Å²) in [5.41, 5.74) is 12.6. The molecule has 524 valence electrons. The van der Waals surface area contributed by atoms with Gasteiger partial charge in [0.1, 0.15) is 22.1 Å². The number of hydrogen-bond acceptors (Lipinski definition) is 8. The minimum atomic E-state index is -0.211. The van der Waals surface area contributed by atoms with E-state index in [0.29, 0.717) is 95.4 Å². The highest BCUT2D eigenvalue weighted by Gasteiger charge is 2.41. The molecular formula is C88H111BrN6O4. The van der Waals surface area contributed by atoms with Gasteiger partial charge < -0.3 is 0 Å². The number of aromatic nitrogens is 4. The molecule has 10 nitrogen and oxygen atoms in total. The van der Waals surface area contributed by atoms with Crippen LogP contribution in [0.25, 0.3) is 99.8 Å². The van der Waals surface area contributed by atoms with Crippen LogP contribution in [-0.2, 0) is 0 Å². The van der Waals surface area contributed by atoms with E-state index in [4.69, 9.17) is 19.9 Å². The number of fused-ring (bicyclic) bond motifs is 8. The predicted molar refractivity (Wildman–Crippen MR) is 415 cm³/mol. The first-order valence-electron chi connectivity index (χ1n) is 39.9. The van der Waals surface area contributed by atoms with Crippen molar-refractivity contribution >= 4 is 83.2 Å². The Morgan fingerprint density at radius 3 is 0.798 bits per heavy atom. The van der Waals surface area contributed by atoms with Crippen molar-refractivity contribution in [3.05, 3.63) is 106 Å². The number of hydrogen-bond donors (Lipinski definition) is 0. The maximum absolute atomic E-state index is 15.0. The van der Waals surface area contributed by atoms with Crippen molar-refractivity contribution < 1.29 is 19.2 Å². The molecule has 6 aromatic carbocycles. The minimum absolute atomic E-state index is 0.211. The molecule has 2 aliphatic heterocycles. The number of halogens is 1. The maximum Gasteiger partial charge on any atom is 0.261 e. The van der Waals surface area contributed by atoms with Crippen LogP contribution in [0.4, 0.5) is 0 Å². The normalized spacial score (nSPS) is 14.2. The Morgan fingerprint density at radius 2 is 0.525 bits per heavy atom. The second-order valence-electron chi connectivity index (χ2n) is 30.1. The first kappa shape index (κ1) is 72.1. The molecule has 0 fully saturated rings. The van der Waals surface area contributed by atoms with E-state index in [1.807, 2.05) is 66.7 Å². The monoisotopic (exact) mass is 1390 g/mol. The van der Waals surface area contributed by atoms with Gasteiger partial charge in [-0.15, -0.1) is 0 Å². The molecule has 2 atom stereocenters. The van der Waals surface area contributed by atoms with Crippen LogP contribution in [0.3, 0.4) is 0 Å². The molecule has 4 amide bonds. The van der Waals surface area contributed by atoms with E-state index in [0.717, 1.165) is 95.5 Å². The number of nitrogens with zero attached hydrogens (tertiary/aromatic N) is 6. The smallest absolute Gasteiger partial charge is 0.261 e. The van der Waals surface area contributed by atoms with Crippen molar-refractivity contribution in [2.45, 2.75) is 285 Å². The number of amides is 4. The third-order valence-corrected chi connectivity index (χ3v) is 23.5. The molecule has 11 heteroatoms. The summed E-state index contributed by atoms with van der Waals surface area (Å²) in [7, 11) is 0. The van der Waals surface area contributed by atoms with Gasteiger partial charge in [0.2, 0.25) is 0 Å². The van der Waals surface area contributed by atoms with Gasteiger partial charge in [-0.25, -0.2) is 19.9 Å². The van der Waals surface area contributed by atoms with Gasteiger partial charge in [0.05, 0.1) is 27.2 Å². The van der Waals surface area contributed by atoms with Crippen LogP contribution < -0.4 is 0 Å². The molecule has 0 bridgehead atoms. The zero-order valence-corrected chi connectivity index (χ0v) is 62.1. The molecule has 0 radical (unpaired) electrons. The van der Waals surface area contributed by atoms with Crippen molar-refractivity contribution in [2.75, 3.05) is 13.1 Å². The van der Waals surface area contributed by atoms with Gasteiger partial charge in [-0.2, -0.15) is 0 Å². The Kier molecular flexibility index (Phi) is 25.7. The lowest BCUT2D eigenvalue weighted by molar-refractivity contribution is 0.0563. The highest BCUT2D eigenvalue weighted by Crippen LogP contribution is 2.54. The topological polar surface area (TPSA) is 126 Å². The van der Waals surface area contributed by atoms with Crippen molar-refractivity contribution in [3.63, 3.8) is 0 Å². The van der Waals surface area contributed by atoms with E-state index in [2.05, 4.69) is 55.8 Å². The summed E-state index contributed by atoms with van der Waals surface area (Å²) in [5.74, 6) is -0.325. The van der Waals surface area contributed by atoms with Crippen molar-refractivity contribution in [1.82, 2.24) is 29.7 Å². The SMILES string of the molecule is CCCCCCCCCCCCC(CCCCCCCCCC)CN1C(=O)c2ccc3c4c(ccc(c24)C1=O)-c1nc2c(-c4ccccc4)c4nc5c(nc4c(Br)c2nc1-3)-c1ccc2c3c(ccc-5c13)C(=O)N(CC(CCCCCCCCCC)CCCCCCCCCCCC)C2=O. The average molecular weight is 1400 g/mol. The molecule has 99 heavy (non-hydrogen) atoms. The van der Waals surface area contributed by atoms with Gasteiger partial charge in [-0.1, -0.05) is 313 Å². The van der Waals surface area contributed by atoms with Gasteiger partial charge in [0, 0.05) is 84.7 Å². The molecule has 0 spiro atoms. The molecule has 2 aliphatic carbocycles. The highest BCUT2D eigenvalue weighted by molar-refractivity contribution is 9.10. The van der Waals surface area contributed by atoms with Crippen molar-refractivity contribution in [3.8, 4) is 56.2 Å². The Bertz CT molecular complexity index is 3870. The maximum atomic E-state index is 15.0. The van der Waals surface area contributed by atoms with Crippen LogP contribution in [-0.4, -0.2) is 66.5 Å². The third kappa shape index (κ3) is 16.0. The Hall–Kier alpha value is -6.72. The van der Waals surface area contributed by atoms with E-state index in [1.165, 1.54) is 205 Å². The van der Waals surface area contributed by atoms with E-state index < -0.39 is 0 Å². The highest BCUT2D eigenvalue weighted by atomic mass is 79.9. The number of carbonyl (C=O) groups is 4. The number of benzene rings is 6. The number of rotatable bonds is 45. The van der Waals surface area contributed by atoms with Crippen LogP contribution in [0.15, 0.2) is 83.3 Å². The van der Waals surface area contributed by atoms with E-state index >= 15 is 19.2 Å². The fraction of sp³-hybridized carbons (Fsp3) is 0.545. The number of unbranched alkanes of at least 4 members (excludes halogenated alkanes) is 32. The fourth-order valence-electron chi connectivity index (χ4n) is 17.1. The summed E-state index contributed by atoms with van der Waals surface area (Å²) in [5, 5.41) is 3.06. The van der Waals surface area contributed by atoms with Gasteiger partial charge in [-0.3, -0.25) is 29.0 Å². The molecule has 12 rings (SSSR count). The van der Waals surface area contributed by atoms with E-state index in [9.17, 15) is 0 Å². The van der Waals surface area contributed by atoms with Gasteiger partial charge in [-0.05, 0) is 83.3 Å². The lowest BCUT2D eigenvalue weighted by Crippen LogP contribution is -2.43. The first-order chi connectivity index (χ1) is 48.7. The van der Waals surface area contributed by atoms with Crippen LogP contribution in [0.5, 0.6) is 0 Å². The summed E-state index contributed by atoms with van der Waals surface area (Å²) in [4.78, 5) is 85.5. The first-order valence-corrected chi connectivity index (χ1v) is 40.7. The zero-order chi connectivity index (χ0) is 68.6. The van der Waals surface area contributed by atoms with Gasteiger partial charge in [0.15, 0.2) is 0 Å². The summed E-state index contributed by atoms with van der Waals surface area (Å²) in [6, 6.07) is 26.0. The number of carbonyl (C=O) groups excluding carboxylic acids is 4. The largest absolute Gasteiger partial charge is 0.274 e. The lowest BCUT2D eigenvalue weighted by Gasteiger charge is -2.31. The van der Waals surface area contributed by atoms with E-state index in [1.54, 1.807) is 9.80 Å². The van der Waals surface area contributed by atoms with Crippen molar-refractivity contribution in [2.24, 2.45) is 11.8 Å². The van der Waals surface area contributed by atoms with E-state index in [-0.39, 0.29) is 35.5 Å². The minimum Gasteiger partial charge on any atom is -0.274 e. The quantitative estimate of drug-likeness (QED) is 0.0210. The molecule has 4 aliphatic rings. The van der Waals surface area contributed by atoms with Crippen LogP contribution in [0.1, 0.15) is 326 Å². The summed E-state index contributed by atoms with van der Waals surface area (Å²) in [6.07, 6.45) is 49.9. The molecule has 2 unspecified atom stereocenters. The molecule has 0 N–H and O–H groups in total. The Labute approximate surface area is 599 Å². The molecular weight excluding hydrogens is 1280 g/mol. The zero-order valence-electron chi connectivity index (χ0n) is 60.6. The lowest BCUT2D eigenvalue weighted by atomic mass is 9.89. The molecule has 2 aromatic heterocycles. The second-order valence-corrected chi connectivity index (χ2v) is 30.9. The standard InChI is InChI=1S/C88H111BrN6O4/c1-5-9-13-17-21-25-27-31-35-40-46-60(44-38-33-29-23-19-15-11-7-3)58-94-85(96)67-54-50-63-72-65(52-56-69(74(67)72)87(94)98)79-77(63)90-81-71(62-48-42-37-43-49-62)82-84(76(89)83(81)92-79)93-80-66-53-57-70-75-68(55-51-64(73(66)75)78(80)91-82)86(97)95(88(70)99)59-61(45-39-34-30-24-20-16-12-8-4)47-41-36-32-28-26-22-18-14-10-6-2/h37,42-43,48-57,60-61H,5-36,38-41,44-47,58-59H2,1-4H3. The van der Waals surface area contributed by atoms with Crippen LogP contribution in [0, 0.1) is 11.8 Å². The predicted octanol–water partition coefficient (Wildman–Crippen LogP) is 25.7. The molecule has 0 saturated heterocycles. The van der Waals surface area contributed by atoms with Crippen LogP contribution >= 0.6 is 15.9 Å². The third-order valence-electron chi connectivity index (χ3n) is 22.7. The van der Waals surface area contributed by atoms with Gasteiger partial charge >= 0.3 is 0 Å². The van der Waals surface area contributed by atoms with Gasteiger partial charge in [0.25, 0.3) is 23.6 Å². The second kappa shape index (κ2) is 35.2. The van der Waals surface area contributed by atoms with Crippen molar-refractivity contribution in [1.29, 1.82) is 0 Å². The summed E-state index contributed by atoms with van der Waals surface area (Å²) < 4.78 is 0.648. The summed E-state index contributed by atoms with van der Waals surface area (Å²) in [6.45, 7) is 9.98. The average Bonchev–Trinajstić information content (AvgIpc) is 1.57. The molecule has 4 heterocycles. The summed E-state index contributed by atoms with van der Waals surface area (Å²) >= 11 is 4.07. The fourth-order valence-corrected chi connectivity index (χ4v) is 17.7. The van der Waals surface area contributed by atoms with Crippen LogP contribution in [0.2, 0.25) is 0 Å². The molecule has 8 aromatic rings. The number of imide groups is 2. The Balaban J connectivity index is 0.812. The molecule has 0 saturated carbocycles.